The topological polar surface area (TPSA) is 28.3 Å². The Hall–Kier alpha value is -1.48. The van der Waals surface area contributed by atoms with Crippen LogP contribution in [0.25, 0.3) is 10.9 Å². The lowest BCUT2D eigenvalue weighted by molar-refractivity contribution is -0.0134. The summed E-state index contributed by atoms with van der Waals surface area (Å²) in [6, 6.07) is 7.26. The van der Waals surface area contributed by atoms with Crippen LogP contribution in [0.5, 0.6) is 5.75 Å². The van der Waals surface area contributed by atoms with Gasteiger partial charge < -0.3 is 9.72 Å². The molecular formula is C20H26N2O. The number of benzene rings is 1. The molecule has 3 aliphatic heterocycles. The zero-order chi connectivity index (χ0) is 15.6. The first kappa shape index (κ1) is 13.9. The summed E-state index contributed by atoms with van der Waals surface area (Å²) in [7, 11) is 1.76. The highest BCUT2D eigenvalue weighted by atomic mass is 16.5. The molecule has 0 spiro atoms. The second kappa shape index (κ2) is 5.01. The molecule has 1 aliphatic carbocycles. The monoisotopic (exact) mass is 310 g/mol. The van der Waals surface area contributed by atoms with Crippen molar-refractivity contribution in [2.75, 3.05) is 20.2 Å². The van der Waals surface area contributed by atoms with E-state index >= 15 is 0 Å². The predicted octanol–water partition coefficient (Wildman–Crippen LogP) is 3.94. The molecule has 1 saturated carbocycles. The van der Waals surface area contributed by atoms with Gasteiger partial charge in [-0.2, -0.15) is 0 Å². The summed E-state index contributed by atoms with van der Waals surface area (Å²) in [6.45, 7) is 4.95. The summed E-state index contributed by atoms with van der Waals surface area (Å²) in [5, 5.41) is 1.39. The van der Waals surface area contributed by atoms with E-state index in [1.807, 2.05) is 0 Å². The van der Waals surface area contributed by atoms with Crippen LogP contribution in [0.1, 0.15) is 43.4 Å². The largest absolute Gasteiger partial charge is 0.497 e. The van der Waals surface area contributed by atoms with Gasteiger partial charge in [-0.05, 0) is 54.9 Å². The van der Waals surface area contributed by atoms with Crippen LogP contribution in [0.3, 0.4) is 0 Å². The zero-order valence-electron chi connectivity index (χ0n) is 14.1. The van der Waals surface area contributed by atoms with Gasteiger partial charge in [0.05, 0.1) is 7.11 Å². The zero-order valence-corrected chi connectivity index (χ0v) is 14.1. The van der Waals surface area contributed by atoms with Crippen molar-refractivity contribution in [2.24, 2.45) is 11.8 Å². The number of hydrogen-bond donors (Lipinski definition) is 1. The van der Waals surface area contributed by atoms with Crippen LogP contribution in [0, 0.1) is 11.8 Å². The molecule has 1 aromatic heterocycles. The van der Waals surface area contributed by atoms with E-state index in [-0.39, 0.29) is 0 Å². The molecule has 0 radical (unpaired) electrons. The first-order valence-electron chi connectivity index (χ1n) is 9.21. The minimum Gasteiger partial charge on any atom is -0.497 e. The number of aromatic amines is 1. The minimum atomic E-state index is 0.711. The molecule has 2 aromatic rings. The first-order valence-corrected chi connectivity index (χ1v) is 9.21. The molecule has 3 fully saturated rings. The van der Waals surface area contributed by atoms with Crippen molar-refractivity contribution in [3.63, 3.8) is 0 Å². The number of rotatable bonds is 2. The van der Waals surface area contributed by atoms with Gasteiger partial charge >= 0.3 is 0 Å². The fourth-order valence-corrected chi connectivity index (χ4v) is 5.80. The number of methoxy groups -OCH3 is 1. The Morgan fingerprint density at radius 2 is 2.22 bits per heavy atom. The molecule has 1 N–H and O–H groups in total. The lowest BCUT2D eigenvalue weighted by atomic mass is 9.65. The second-order valence-corrected chi connectivity index (χ2v) is 7.78. The Morgan fingerprint density at radius 3 is 3.04 bits per heavy atom. The quantitative estimate of drug-likeness (QED) is 0.910. The van der Waals surface area contributed by atoms with Gasteiger partial charge in [0.15, 0.2) is 0 Å². The molecule has 4 aliphatic rings. The highest BCUT2D eigenvalue weighted by Gasteiger charge is 2.48. The Labute approximate surface area is 138 Å². The van der Waals surface area contributed by atoms with Gasteiger partial charge in [0.1, 0.15) is 5.75 Å². The number of H-pyrrole nitrogens is 1. The van der Waals surface area contributed by atoms with Crippen molar-refractivity contribution in [2.45, 2.75) is 44.6 Å². The van der Waals surface area contributed by atoms with Crippen LogP contribution in [-0.4, -0.2) is 36.1 Å². The van der Waals surface area contributed by atoms with Crippen molar-refractivity contribution < 1.29 is 4.74 Å². The number of ether oxygens (including phenoxy) is 1. The molecule has 3 nitrogen and oxygen atoms in total. The maximum atomic E-state index is 5.46. The first-order chi connectivity index (χ1) is 11.3. The molecule has 1 aromatic carbocycles. The molecule has 4 heterocycles. The summed E-state index contributed by atoms with van der Waals surface area (Å²) >= 11 is 0. The van der Waals surface area contributed by atoms with Gasteiger partial charge in [0.25, 0.3) is 0 Å². The molecule has 1 unspecified atom stereocenters. The number of nitrogens with zero attached hydrogens (tertiary/aromatic N) is 1. The lowest BCUT2D eigenvalue weighted by Gasteiger charge is -2.53. The predicted molar refractivity (Wildman–Crippen MR) is 93.2 cm³/mol. The Bertz CT molecular complexity index is 749. The molecule has 5 atom stereocenters. The van der Waals surface area contributed by atoms with E-state index in [0.717, 1.165) is 23.6 Å². The smallest absolute Gasteiger partial charge is 0.119 e. The van der Waals surface area contributed by atoms with Gasteiger partial charge in [-0.25, -0.2) is 0 Å². The van der Waals surface area contributed by atoms with Gasteiger partial charge in [-0.3, -0.25) is 4.90 Å². The highest BCUT2D eigenvalue weighted by molar-refractivity contribution is 5.86. The summed E-state index contributed by atoms with van der Waals surface area (Å²) in [4.78, 5) is 6.63. The van der Waals surface area contributed by atoms with Crippen LogP contribution in [0.2, 0.25) is 0 Å². The number of piperidine rings is 2. The maximum Gasteiger partial charge on any atom is 0.119 e. The van der Waals surface area contributed by atoms with E-state index in [2.05, 4.69) is 35.0 Å². The third kappa shape index (κ3) is 1.92. The minimum absolute atomic E-state index is 0.711. The van der Waals surface area contributed by atoms with Crippen molar-refractivity contribution in [3.05, 3.63) is 29.5 Å². The third-order valence-electron chi connectivity index (χ3n) is 6.72. The van der Waals surface area contributed by atoms with Crippen LogP contribution in [0.15, 0.2) is 18.2 Å². The fraction of sp³-hybridized carbons (Fsp3) is 0.600. The van der Waals surface area contributed by atoms with E-state index in [1.165, 1.54) is 49.7 Å². The van der Waals surface area contributed by atoms with Gasteiger partial charge in [0, 0.05) is 41.6 Å². The Balaban J connectivity index is 1.66. The van der Waals surface area contributed by atoms with Crippen LogP contribution in [-0.2, 0) is 6.42 Å². The SMILES string of the molecule is CC[C@@H]1C[C@H]2C[C@@H]3c4[nH]c5ccc(OC)cc5c4CCN(C2)[C@H]13. The third-order valence-corrected chi connectivity index (χ3v) is 6.72. The van der Waals surface area contributed by atoms with E-state index in [1.54, 1.807) is 18.4 Å². The molecule has 6 rings (SSSR count). The number of hydrogen-bond acceptors (Lipinski definition) is 2. The number of aromatic nitrogens is 1. The summed E-state index contributed by atoms with van der Waals surface area (Å²) in [6.07, 6.45) is 5.35. The molecular weight excluding hydrogens is 284 g/mol. The van der Waals surface area contributed by atoms with E-state index in [4.69, 9.17) is 4.74 Å². The van der Waals surface area contributed by atoms with Crippen LogP contribution < -0.4 is 4.74 Å². The molecule has 3 heteroatoms. The van der Waals surface area contributed by atoms with Crippen molar-refractivity contribution >= 4 is 10.9 Å². The summed E-state index contributed by atoms with van der Waals surface area (Å²) in [5.74, 6) is 3.48. The van der Waals surface area contributed by atoms with Gasteiger partial charge in [-0.1, -0.05) is 13.3 Å². The van der Waals surface area contributed by atoms with Crippen molar-refractivity contribution in [1.29, 1.82) is 0 Å². The van der Waals surface area contributed by atoms with Crippen LogP contribution >= 0.6 is 0 Å². The van der Waals surface area contributed by atoms with Gasteiger partial charge in [-0.15, -0.1) is 0 Å². The lowest BCUT2D eigenvalue weighted by Crippen LogP contribution is -2.56. The van der Waals surface area contributed by atoms with Gasteiger partial charge in [0.2, 0.25) is 0 Å². The standard InChI is InChI=1S/C20H26N2O/c1-3-13-8-12-9-17-19-15(6-7-22(11-12)20(13)17)16-10-14(23-2)4-5-18(16)21-19/h4-5,10,12-13,17,20-21H,3,6-9,11H2,1-2H3/t12-,13+,17+,20+/m0/s1. The number of fused-ring (bicyclic) bond motifs is 4. The average molecular weight is 310 g/mol. The summed E-state index contributed by atoms with van der Waals surface area (Å²) < 4.78 is 5.46. The van der Waals surface area contributed by atoms with Crippen molar-refractivity contribution in [1.82, 2.24) is 9.88 Å². The van der Waals surface area contributed by atoms with Crippen molar-refractivity contribution in [3.8, 4) is 5.75 Å². The molecule has 23 heavy (non-hydrogen) atoms. The Morgan fingerprint density at radius 1 is 1.30 bits per heavy atom. The highest BCUT2D eigenvalue weighted by Crippen LogP contribution is 2.51. The maximum absolute atomic E-state index is 5.46. The molecule has 0 amide bonds. The molecule has 122 valence electrons. The normalized spacial score (nSPS) is 35.1. The molecule has 4 bridgehead atoms. The van der Waals surface area contributed by atoms with Crippen LogP contribution in [0.4, 0.5) is 0 Å². The average Bonchev–Trinajstić information content (AvgIpc) is 2.92. The molecule has 2 saturated heterocycles. The number of nitrogens with one attached hydrogen (secondary N) is 1. The van der Waals surface area contributed by atoms with E-state index < -0.39 is 0 Å². The Kier molecular flexibility index (Phi) is 3.03. The summed E-state index contributed by atoms with van der Waals surface area (Å²) in [5.41, 5.74) is 4.40. The fourth-order valence-electron chi connectivity index (χ4n) is 5.80. The second-order valence-electron chi connectivity index (χ2n) is 7.78. The van der Waals surface area contributed by atoms with E-state index in [9.17, 15) is 0 Å². The van der Waals surface area contributed by atoms with E-state index in [0.29, 0.717) is 5.92 Å².